The third-order valence-electron chi connectivity index (χ3n) is 6.41. The average Bonchev–Trinajstić information content (AvgIpc) is 3.21. The first-order valence-electron chi connectivity index (χ1n) is 12.0. The fourth-order valence-electron chi connectivity index (χ4n) is 4.72. The lowest BCUT2D eigenvalue weighted by atomic mass is 9.90. The summed E-state index contributed by atoms with van der Waals surface area (Å²) in [6.45, 7) is 3.73. The van der Waals surface area contributed by atoms with Crippen molar-refractivity contribution in [2.75, 3.05) is 20.8 Å². The van der Waals surface area contributed by atoms with E-state index >= 15 is 0 Å². The van der Waals surface area contributed by atoms with Gasteiger partial charge in [0, 0.05) is 5.56 Å². The van der Waals surface area contributed by atoms with Crippen molar-refractivity contribution in [3.63, 3.8) is 0 Å². The summed E-state index contributed by atoms with van der Waals surface area (Å²) >= 11 is 4.78. The third kappa shape index (κ3) is 4.46. The van der Waals surface area contributed by atoms with E-state index in [4.69, 9.17) is 14.2 Å². The Bertz CT molecular complexity index is 1790. The highest BCUT2D eigenvalue weighted by Crippen LogP contribution is 2.40. The molecule has 0 aliphatic carbocycles. The Morgan fingerprint density at radius 1 is 1.11 bits per heavy atom. The first kappa shape index (κ1) is 25.9. The number of carbonyl (C=O) groups is 1. The smallest absolute Gasteiger partial charge is 0.338 e. The molecular weight excluding hydrogens is 568 g/mol. The molecule has 9 heteroatoms. The van der Waals surface area contributed by atoms with Crippen molar-refractivity contribution < 1.29 is 19.0 Å². The Labute approximate surface area is 231 Å². The van der Waals surface area contributed by atoms with Gasteiger partial charge in [-0.2, -0.15) is 0 Å². The van der Waals surface area contributed by atoms with Gasteiger partial charge in [0.1, 0.15) is 17.5 Å². The van der Waals surface area contributed by atoms with E-state index in [0.717, 1.165) is 20.8 Å². The van der Waals surface area contributed by atoms with E-state index in [-0.39, 0.29) is 12.2 Å². The maximum atomic E-state index is 14.0. The number of benzene rings is 3. The highest BCUT2D eigenvalue weighted by Gasteiger charge is 2.36. The predicted octanol–water partition coefficient (Wildman–Crippen LogP) is 4.73. The number of allylic oxidation sites excluding steroid dienone is 1. The van der Waals surface area contributed by atoms with Crippen LogP contribution in [0.5, 0.6) is 11.5 Å². The second-order valence-corrected chi connectivity index (χ2v) is 10.5. The largest absolute Gasteiger partial charge is 0.496 e. The zero-order valence-electron chi connectivity index (χ0n) is 21.3. The number of carbonyl (C=O) groups excluding carboxylic acids is 1. The molecule has 2 heterocycles. The minimum atomic E-state index is -0.781. The topological polar surface area (TPSA) is 79.1 Å². The van der Waals surface area contributed by atoms with Gasteiger partial charge in [0.2, 0.25) is 0 Å². The summed E-state index contributed by atoms with van der Waals surface area (Å²) in [5.74, 6) is 0.752. The second-order valence-electron chi connectivity index (χ2n) is 8.60. The Morgan fingerprint density at radius 3 is 2.55 bits per heavy atom. The van der Waals surface area contributed by atoms with E-state index in [9.17, 15) is 9.59 Å². The number of hydrogen-bond acceptors (Lipinski definition) is 7. The van der Waals surface area contributed by atoms with Crippen LogP contribution in [0.2, 0.25) is 0 Å². The van der Waals surface area contributed by atoms with Crippen LogP contribution in [0.4, 0.5) is 0 Å². The molecule has 5 rings (SSSR count). The molecule has 1 aliphatic rings. The van der Waals surface area contributed by atoms with Crippen LogP contribution in [0.3, 0.4) is 0 Å². The maximum Gasteiger partial charge on any atom is 0.338 e. The molecule has 1 aliphatic heterocycles. The Balaban J connectivity index is 1.82. The molecule has 38 heavy (non-hydrogen) atoms. The number of methoxy groups -OCH3 is 2. The molecule has 194 valence electrons. The highest BCUT2D eigenvalue weighted by molar-refractivity contribution is 9.10. The van der Waals surface area contributed by atoms with E-state index in [1.165, 1.54) is 11.3 Å². The summed E-state index contributed by atoms with van der Waals surface area (Å²) in [6, 6.07) is 16.5. The Hall–Kier alpha value is -3.69. The zero-order valence-corrected chi connectivity index (χ0v) is 23.7. The molecule has 0 N–H and O–H groups in total. The van der Waals surface area contributed by atoms with Gasteiger partial charge < -0.3 is 14.2 Å². The number of esters is 1. The molecule has 0 fully saturated rings. The van der Waals surface area contributed by atoms with E-state index in [1.54, 1.807) is 32.6 Å². The van der Waals surface area contributed by atoms with Gasteiger partial charge in [-0.1, -0.05) is 47.7 Å². The van der Waals surface area contributed by atoms with Crippen molar-refractivity contribution in [1.82, 2.24) is 4.57 Å². The number of rotatable bonds is 6. The van der Waals surface area contributed by atoms with Crippen LogP contribution in [-0.4, -0.2) is 31.4 Å². The summed E-state index contributed by atoms with van der Waals surface area (Å²) < 4.78 is 19.4. The highest BCUT2D eigenvalue weighted by atomic mass is 79.9. The van der Waals surface area contributed by atoms with Gasteiger partial charge in [0.05, 0.1) is 41.1 Å². The van der Waals surface area contributed by atoms with Crippen LogP contribution in [-0.2, 0) is 9.53 Å². The van der Waals surface area contributed by atoms with Gasteiger partial charge >= 0.3 is 5.97 Å². The molecule has 0 amide bonds. The van der Waals surface area contributed by atoms with Crippen molar-refractivity contribution in [2.45, 2.75) is 19.9 Å². The zero-order chi connectivity index (χ0) is 27.0. The first-order chi connectivity index (χ1) is 18.4. The first-order valence-corrected chi connectivity index (χ1v) is 13.6. The summed E-state index contributed by atoms with van der Waals surface area (Å²) in [5.41, 5.74) is 2.09. The molecule has 0 bridgehead atoms. The normalized spacial score (nSPS) is 15.3. The Morgan fingerprint density at radius 2 is 1.84 bits per heavy atom. The quantitative estimate of drug-likeness (QED) is 0.302. The molecule has 0 saturated heterocycles. The van der Waals surface area contributed by atoms with Gasteiger partial charge in [0.15, 0.2) is 4.80 Å². The number of aromatic nitrogens is 1. The summed E-state index contributed by atoms with van der Waals surface area (Å²) in [4.78, 5) is 32.5. The van der Waals surface area contributed by atoms with Crippen LogP contribution >= 0.6 is 27.3 Å². The fraction of sp³-hybridized carbons (Fsp3) is 0.207. The van der Waals surface area contributed by atoms with E-state index in [1.807, 2.05) is 60.7 Å². The van der Waals surface area contributed by atoms with E-state index in [0.29, 0.717) is 37.7 Å². The van der Waals surface area contributed by atoms with Crippen molar-refractivity contribution in [2.24, 2.45) is 4.99 Å². The number of halogens is 1. The van der Waals surface area contributed by atoms with E-state index < -0.39 is 12.0 Å². The number of fused-ring (bicyclic) bond motifs is 2. The number of nitrogens with zero attached hydrogens (tertiary/aromatic N) is 2. The average molecular weight is 593 g/mol. The molecule has 0 spiro atoms. The fourth-order valence-corrected chi connectivity index (χ4v) is 6.33. The molecule has 1 aromatic heterocycles. The lowest BCUT2D eigenvalue weighted by Crippen LogP contribution is -2.40. The van der Waals surface area contributed by atoms with Gasteiger partial charge in [0.25, 0.3) is 5.56 Å². The molecule has 0 saturated carbocycles. The van der Waals surface area contributed by atoms with Gasteiger partial charge in [-0.05, 0) is 70.4 Å². The molecule has 1 unspecified atom stereocenters. The molecule has 4 aromatic rings. The van der Waals surface area contributed by atoms with Crippen LogP contribution in [0, 0.1) is 0 Å². The van der Waals surface area contributed by atoms with Crippen LogP contribution in [0.1, 0.15) is 31.0 Å². The summed E-state index contributed by atoms with van der Waals surface area (Å²) in [6.07, 6.45) is 1.81. The number of hydrogen-bond donors (Lipinski definition) is 0. The summed E-state index contributed by atoms with van der Waals surface area (Å²) in [7, 11) is 3.18. The van der Waals surface area contributed by atoms with E-state index in [2.05, 4.69) is 20.9 Å². The molecule has 0 radical (unpaired) electrons. The van der Waals surface area contributed by atoms with Gasteiger partial charge in [-0.15, -0.1) is 0 Å². The number of ether oxygens (including phenoxy) is 3. The van der Waals surface area contributed by atoms with Gasteiger partial charge in [-0.25, -0.2) is 9.79 Å². The van der Waals surface area contributed by atoms with Crippen molar-refractivity contribution in [3.05, 3.63) is 101 Å². The van der Waals surface area contributed by atoms with Crippen molar-refractivity contribution >= 4 is 50.1 Å². The molecular formula is C29H25BrN2O5S. The lowest BCUT2D eigenvalue weighted by Gasteiger charge is -2.27. The minimum Gasteiger partial charge on any atom is -0.496 e. The second kappa shape index (κ2) is 10.6. The third-order valence-corrected chi connectivity index (χ3v) is 8.02. The number of thiazole rings is 1. The van der Waals surface area contributed by atoms with Crippen LogP contribution in [0.15, 0.2) is 80.1 Å². The monoisotopic (exact) mass is 592 g/mol. The SMILES string of the molecule is CCOC(=O)C1=C(C)N=c2sc(=Cc3ccc(OC)c(Br)c3)c(=O)n2C1c1c(OC)ccc2ccccc12. The molecule has 3 aromatic carbocycles. The Kier molecular flexibility index (Phi) is 7.23. The van der Waals surface area contributed by atoms with Crippen LogP contribution < -0.4 is 24.4 Å². The van der Waals surface area contributed by atoms with Crippen molar-refractivity contribution in [1.29, 1.82) is 0 Å². The predicted molar refractivity (Wildman–Crippen MR) is 152 cm³/mol. The minimum absolute atomic E-state index is 0.200. The van der Waals surface area contributed by atoms with Gasteiger partial charge in [-0.3, -0.25) is 9.36 Å². The molecule has 7 nitrogen and oxygen atoms in total. The summed E-state index contributed by atoms with van der Waals surface area (Å²) in [5, 5.41) is 1.84. The molecule has 1 atom stereocenters. The lowest BCUT2D eigenvalue weighted by molar-refractivity contribution is -0.139. The van der Waals surface area contributed by atoms with Crippen molar-refractivity contribution in [3.8, 4) is 11.5 Å². The maximum absolute atomic E-state index is 14.0. The standard InChI is InChI=1S/C29H25BrN2O5S/c1-5-37-28(34)24-16(2)31-29-32(26(24)25-19-9-7-6-8-18(19)11-13-22(25)36-4)27(33)23(38-29)15-17-10-12-21(35-3)20(30)14-17/h6-15,26H,5H2,1-4H3. The van der Waals surface area contributed by atoms with Crippen LogP contribution in [0.25, 0.3) is 16.8 Å².